The van der Waals surface area contributed by atoms with Crippen molar-refractivity contribution in [2.45, 2.75) is 38.4 Å². The van der Waals surface area contributed by atoms with E-state index >= 15 is 0 Å². The molecule has 2 aromatic rings. The molecular formula is C20H21F3N6O2. The Morgan fingerprint density at radius 1 is 1.29 bits per heavy atom. The van der Waals surface area contributed by atoms with Gasteiger partial charge in [-0.05, 0) is 25.0 Å². The highest BCUT2D eigenvalue weighted by Gasteiger charge is 2.40. The number of piperidine rings is 1. The Kier molecular flexibility index (Phi) is 5.50. The molecule has 2 aromatic heterocycles. The number of carbonyl (C=O) groups is 2. The molecule has 2 amide bonds. The third-order valence-electron chi connectivity index (χ3n) is 5.50. The van der Waals surface area contributed by atoms with Crippen LogP contribution in [0.2, 0.25) is 0 Å². The third kappa shape index (κ3) is 4.30. The van der Waals surface area contributed by atoms with Gasteiger partial charge < -0.3 is 4.90 Å². The second-order valence-corrected chi connectivity index (χ2v) is 7.73. The minimum Gasteiger partial charge on any atom is -0.365 e. The van der Waals surface area contributed by atoms with Crippen molar-refractivity contribution in [2.75, 3.05) is 28.2 Å². The van der Waals surface area contributed by atoms with E-state index in [9.17, 15) is 22.8 Å². The van der Waals surface area contributed by atoms with Crippen molar-refractivity contribution in [3.8, 4) is 0 Å². The van der Waals surface area contributed by atoms with Crippen LogP contribution >= 0.6 is 0 Å². The fourth-order valence-electron chi connectivity index (χ4n) is 3.81. The first kappa shape index (κ1) is 21.0. The second kappa shape index (κ2) is 8.12. The topological polar surface area (TPSA) is 91.3 Å². The summed E-state index contributed by atoms with van der Waals surface area (Å²) in [6.07, 6.45) is -0.679. The average molecular weight is 434 g/mol. The van der Waals surface area contributed by atoms with Crippen LogP contribution in [-0.2, 0) is 0 Å². The van der Waals surface area contributed by atoms with E-state index in [0.29, 0.717) is 18.1 Å². The van der Waals surface area contributed by atoms with Crippen molar-refractivity contribution < 1.29 is 22.8 Å². The predicted octanol–water partition coefficient (Wildman–Crippen LogP) is 3.66. The standard InChI is InChI=1S/C20H21F3N6O2/c1-12(20(21,22)23)9-15(30)17-25-10-14-18(27-17)29(13-5-4-8-28(14)11-13)19(31)26-16-6-2-3-7-24-16/h2-3,6-7,10,12-13H,4-5,8-9,11H2,1H3,(H,24,26,31)/t12-,13-/m0/s1. The van der Waals surface area contributed by atoms with Crippen LogP contribution < -0.4 is 15.1 Å². The highest BCUT2D eigenvalue weighted by atomic mass is 19.4. The molecule has 2 bridgehead atoms. The number of carbonyl (C=O) groups excluding carboxylic acids is 2. The number of Topliss-reactive ketones (excluding diaryl/α,β-unsaturated/α-hetero) is 1. The van der Waals surface area contributed by atoms with Crippen LogP contribution in [0.4, 0.5) is 35.3 Å². The Morgan fingerprint density at radius 3 is 2.81 bits per heavy atom. The van der Waals surface area contributed by atoms with Crippen molar-refractivity contribution in [1.29, 1.82) is 0 Å². The molecule has 4 rings (SSSR count). The number of ketones is 1. The summed E-state index contributed by atoms with van der Waals surface area (Å²) in [6, 6.07) is 4.45. The Labute approximate surface area is 176 Å². The lowest BCUT2D eigenvalue weighted by atomic mass is 10.00. The summed E-state index contributed by atoms with van der Waals surface area (Å²) in [5, 5.41) is 2.72. The first-order chi connectivity index (χ1) is 14.7. The van der Waals surface area contributed by atoms with Crippen LogP contribution in [0.3, 0.4) is 0 Å². The lowest BCUT2D eigenvalue weighted by molar-refractivity contribution is -0.168. The molecule has 0 saturated carbocycles. The number of urea groups is 1. The number of halogens is 3. The molecule has 0 aliphatic carbocycles. The maximum absolute atomic E-state index is 13.1. The van der Waals surface area contributed by atoms with E-state index in [1.54, 1.807) is 24.4 Å². The van der Waals surface area contributed by atoms with E-state index in [2.05, 4.69) is 20.3 Å². The van der Waals surface area contributed by atoms with E-state index in [0.717, 1.165) is 26.3 Å². The number of rotatable bonds is 4. The summed E-state index contributed by atoms with van der Waals surface area (Å²) in [6.45, 7) is 2.28. The molecule has 0 unspecified atom stereocenters. The number of alkyl halides is 3. The largest absolute Gasteiger partial charge is 0.391 e. The van der Waals surface area contributed by atoms with Crippen LogP contribution in [0.5, 0.6) is 0 Å². The van der Waals surface area contributed by atoms with Gasteiger partial charge in [0.25, 0.3) is 0 Å². The van der Waals surface area contributed by atoms with Gasteiger partial charge in [-0.15, -0.1) is 0 Å². The first-order valence-electron chi connectivity index (χ1n) is 9.97. The Balaban J connectivity index is 1.65. The number of hydrogen-bond acceptors (Lipinski definition) is 6. The molecule has 1 saturated heterocycles. The first-order valence-corrected chi connectivity index (χ1v) is 9.97. The van der Waals surface area contributed by atoms with Gasteiger partial charge >= 0.3 is 12.2 Å². The number of aromatic nitrogens is 3. The van der Waals surface area contributed by atoms with Crippen LogP contribution in [0.15, 0.2) is 30.6 Å². The summed E-state index contributed by atoms with van der Waals surface area (Å²) in [5.74, 6) is -2.37. The fraction of sp³-hybridized carbons (Fsp3) is 0.450. The van der Waals surface area contributed by atoms with E-state index in [-0.39, 0.29) is 17.7 Å². The number of hydrogen-bond donors (Lipinski definition) is 1. The summed E-state index contributed by atoms with van der Waals surface area (Å²) in [7, 11) is 0. The molecule has 1 fully saturated rings. The fourth-order valence-corrected chi connectivity index (χ4v) is 3.81. The molecule has 4 heterocycles. The van der Waals surface area contributed by atoms with Crippen LogP contribution in [0.25, 0.3) is 0 Å². The SMILES string of the molecule is C[C@@H](CC(=O)c1ncc2c(n1)N(C(=O)Nc1ccccn1)[C@H]1CCCN2C1)C(F)(F)F. The number of anilines is 3. The van der Waals surface area contributed by atoms with Gasteiger partial charge in [0.15, 0.2) is 11.6 Å². The second-order valence-electron chi connectivity index (χ2n) is 7.73. The van der Waals surface area contributed by atoms with E-state index in [4.69, 9.17) is 0 Å². The van der Waals surface area contributed by atoms with Gasteiger partial charge in [0.2, 0.25) is 5.78 Å². The molecule has 0 radical (unpaired) electrons. The minimum absolute atomic E-state index is 0.183. The van der Waals surface area contributed by atoms with Gasteiger partial charge in [-0.1, -0.05) is 13.0 Å². The number of nitrogens with one attached hydrogen (secondary N) is 1. The highest BCUT2D eigenvalue weighted by Crippen LogP contribution is 2.38. The molecule has 8 nitrogen and oxygen atoms in total. The smallest absolute Gasteiger partial charge is 0.365 e. The highest BCUT2D eigenvalue weighted by molar-refractivity contribution is 6.04. The van der Waals surface area contributed by atoms with Gasteiger partial charge in [-0.25, -0.2) is 19.7 Å². The molecule has 31 heavy (non-hydrogen) atoms. The monoisotopic (exact) mass is 434 g/mol. The van der Waals surface area contributed by atoms with Crippen molar-refractivity contribution in [3.63, 3.8) is 0 Å². The minimum atomic E-state index is -4.48. The zero-order chi connectivity index (χ0) is 22.2. The van der Waals surface area contributed by atoms with Gasteiger partial charge in [0.1, 0.15) is 5.82 Å². The maximum atomic E-state index is 13.1. The Bertz CT molecular complexity index is 985. The summed E-state index contributed by atoms with van der Waals surface area (Å²) >= 11 is 0. The predicted molar refractivity (Wildman–Crippen MR) is 107 cm³/mol. The maximum Gasteiger partial charge on any atom is 0.391 e. The zero-order valence-electron chi connectivity index (χ0n) is 16.8. The number of fused-ring (bicyclic) bond motifs is 4. The molecular weight excluding hydrogens is 413 g/mol. The third-order valence-corrected chi connectivity index (χ3v) is 5.50. The van der Waals surface area contributed by atoms with E-state index in [1.165, 1.54) is 11.1 Å². The molecule has 11 heteroatoms. The van der Waals surface area contributed by atoms with E-state index < -0.39 is 30.3 Å². The Morgan fingerprint density at radius 2 is 2.10 bits per heavy atom. The lowest BCUT2D eigenvalue weighted by Crippen LogP contribution is -2.56. The number of nitrogens with zero attached hydrogens (tertiary/aromatic N) is 5. The molecule has 0 spiro atoms. The normalized spacial score (nSPS) is 18.9. The molecule has 0 aromatic carbocycles. The van der Waals surface area contributed by atoms with Gasteiger partial charge in [0, 0.05) is 25.7 Å². The molecule has 2 atom stereocenters. The van der Waals surface area contributed by atoms with Crippen molar-refractivity contribution in [1.82, 2.24) is 15.0 Å². The van der Waals surface area contributed by atoms with Crippen molar-refractivity contribution >= 4 is 29.1 Å². The van der Waals surface area contributed by atoms with E-state index in [1.807, 2.05) is 4.90 Å². The number of amides is 2. The molecule has 164 valence electrons. The lowest BCUT2D eigenvalue weighted by Gasteiger charge is -2.45. The molecule has 1 N–H and O–H groups in total. The number of pyridine rings is 1. The van der Waals surface area contributed by atoms with Crippen LogP contribution in [0, 0.1) is 5.92 Å². The van der Waals surface area contributed by atoms with Crippen molar-refractivity contribution in [3.05, 3.63) is 36.4 Å². The van der Waals surface area contributed by atoms with Crippen LogP contribution in [0.1, 0.15) is 36.8 Å². The van der Waals surface area contributed by atoms with Crippen LogP contribution in [-0.4, -0.2) is 52.1 Å². The van der Waals surface area contributed by atoms with Crippen molar-refractivity contribution in [2.24, 2.45) is 5.92 Å². The van der Waals surface area contributed by atoms with Gasteiger partial charge in [0.05, 0.1) is 23.8 Å². The molecule has 2 aliphatic heterocycles. The van der Waals surface area contributed by atoms with Gasteiger partial charge in [-0.3, -0.25) is 15.0 Å². The Hall–Kier alpha value is -3.24. The summed E-state index contributed by atoms with van der Waals surface area (Å²) in [5.41, 5.74) is 0.576. The molecule has 2 aliphatic rings. The zero-order valence-corrected chi connectivity index (χ0v) is 16.8. The average Bonchev–Trinajstić information content (AvgIpc) is 2.73. The summed E-state index contributed by atoms with van der Waals surface area (Å²) in [4.78, 5) is 41.4. The quantitative estimate of drug-likeness (QED) is 0.739. The van der Waals surface area contributed by atoms with Gasteiger partial charge in [-0.2, -0.15) is 13.2 Å². The summed E-state index contributed by atoms with van der Waals surface area (Å²) < 4.78 is 38.6.